The fourth-order valence-corrected chi connectivity index (χ4v) is 5.22. The van der Waals surface area contributed by atoms with Crippen molar-refractivity contribution in [3.05, 3.63) is 52.9 Å². The fourth-order valence-electron chi connectivity index (χ4n) is 2.68. The van der Waals surface area contributed by atoms with Crippen molar-refractivity contribution in [3.63, 3.8) is 0 Å². The molecule has 2 N–H and O–H groups in total. The van der Waals surface area contributed by atoms with Crippen LogP contribution in [0.5, 0.6) is 11.5 Å². The van der Waals surface area contributed by atoms with Gasteiger partial charge in [0.25, 0.3) is 0 Å². The number of primary sulfonamides is 1. The number of sulfonamides is 1. The highest BCUT2D eigenvalue weighted by Crippen LogP contribution is 2.36. The summed E-state index contributed by atoms with van der Waals surface area (Å²) in [4.78, 5) is 0.920. The maximum Gasteiger partial charge on any atom is 0.239 e. The highest BCUT2D eigenvalue weighted by Gasteiger charge is 2.21. The number of nitrogens with two attached hydrogens (primary N) is 1. The van der Waals surface area contributed by atoms with Gasteiger partial charge in [-0.05, 0) is 23.8 Å². The van der Waals surface area contributed by atoms with Gasteiger partial charge in [0.2, 0.25) is 10.0 Å². The van der Waals surface area contributed by atoms with Crippen molar-refractivity contribution in [2.45, 2.75) is 11.3 Å². The Bertz CT molecular complexity index is 993. The van der Waals surface area contributed by atoms with Crippen molar-refractivity contribution in [1.29, 1.82) is 0 Å². The van der Waals surface area contributed by atoms with Gasteiger partial charge in [0.15, 0.2) is 11.5 Å². The predicted molar refractivity (Wildman–Crippen MR) is 95.6 cm³/mol. The van der Waals surface area contributed by atoms with E-state index in [0.717, 1.165) is 10.3 Å². The van der Waals surface area contributed by atoms with Crippen molar-refractivity contribution < 1.29 is 17.9 Å². The van der Waals surface area contributed by atoms with Crippen LogP contribution < -0.4 is 14.6 Å². The molecule has 126 valence electrons. The summed E-state index contributed by atoms with van der Waals surface area (Å²) in [6.07, 6.45) is 0.450. The lowest BCUT2D eigenvalue weighted by Crippen LogP contribution is -2.13. The summed E-state index contributed by atoms with van der Waals surface area (Å²) in [7, 11) is -0.673. The van der Waals surface area contributed by atoms with Gasteiger partial charge in [-0.1, -0.05) is 24.3 Å². The molecule has 0 spiro atoms. The molecule has 0 saturated heterocycles. The first kappa shape index (κ1) is 16.8. The maximum absolute atomic E-state index is 12.1. The zero-order valence-electron chi connectivity index (χ0n) is 13.3. The maximum atomic E-state index is 12.1. The molecule has 0 amide bonds. The summed E-state index contributed by atoms with van der Waals surface area (Å²) < 4.78 is 35.6. The molecule has 0 aliphatic carbocycles. The third kappa shape index (κ3) is 3.10. The second-order valence-electron chi connectivity index (χ2n) is 5.26. The van der Waals surface area contributed by atoms with E-state index in [1.807, 2.05) is 30.3 Å². The quantitative estimate of drug-likeness (QED) is 0.755. The molecule has 2 aromatic carbocycles. The zero-order valence-corrected chi connectivity index (χ0v) is 14.9. The smallest absolute Gasteiger partial charge is 0.239 e. The third-order valence-corrected chi connectivity index (χ3v) is 6.05. The number of benzene rings is 2. The third-order valence-electron chi connectivity index (χ3n) is 3.72. The van der Waals surface area contributed by atoms with Crippen molar-refractivity contribution >= 4 is 31.4 Å². The minimum Gasteiger partial charge on any atom is -0.493 e. The van der Waals surface area contributed by atoms with E-state index in [1.54, 1.807) is 26.4 Å². The number of hydrogen-bond acceptors (Lipinski definition) is 5. The molecule has 0 saturated carbocycles. The lowest BCUT2D eigenvalue weighted by Gasteiger charge is -2.09. The predicted octanol–water partition coefficient (Wildman–Crippen LogP) is 3.16. The van der Waals surface area contributed by atoms with E-state index in [2.05, 4.69) is 0 Å². The van der Waals surface area contributed by atoms with Crippen LogP contribution in [0.1, 0.15) is 10.4 Å². The Morgan fingerprint density at radius 2 is 1.75 bits per heavy atom. The normalized spacial score (nSPS) is 11.6. The Balaban J connectivity index is 2.11. The summed E-state index contributed by atoms with van der Waals surface area (Å²) in [5.41, 5.74) is 0.920. The van der Waals surface area contributed by atoms with E-state index in [4.69, 9.17) is 14.6 Å². The molecule has 7 heteroatoms. The van der Waals surface area contributed by atoms with Gasteiger partial charge >= 0.3 is 0 Å². The van der Waals surface area contributed by atoms with Gasteiger partial charge in [-0.15, -0.1) is 11.3 Å². The first-order chi connectivity index (χ1) is 11.4. The van der Waals surface area contributed by atoms with Crippen molar-refractivity contribution in [2.24, 2.45) is 5.14 Å². The van der Waals surface area contributed by atoms with Crippen molar-refractivity contribution in [3.8, 4) is 11.5 Å². The molecule has 0 atom stereocenters. The number of rotatable bonds is 5. The molecule has 0 fully saturated rings. The van der Waals surface area contributed by atoms with Crippen LogP contribution in [-0.2, 0) is 16.4 Å². The van der Waals surface area contributed by atoms with E-state index in [0.29, 0.717) is 28.2 Å². The second-order valence-corrected chi connectivity index (χ2v) is 7.90. The van der Waals surface area contributed by atoms with Crippen LogP contribution in [0.2, 0.25) is 0 Å². The molecule has 0 aliphatic heterocycles. The van der Waals surface area contributed by atoms with Crippen molar-refractivity contribution in [2.75, 3.05) is 14.2 Å². The molecular weight excluding hydrogens is 346 g/mol. The number of methoxy groups -OCH3 is 2. The van der Waals surface area contributed by atoms with Gasteiger partial charge in [-0.25, -0.2) is 13.6 Å². The molecule has 1 aromatic heterocycles. The van der Waals surface area contributed by atoms with Gasteiger partial charge in [0.1, 0.15) is 4.90 Å². The fraction of sp³-hybridized carbons (Fsp3) is 0.176. The number of ether oxygens (including phenoxy) is 2. The Kier molecular flexibility index (Phi) is 4.49. The molecular formula is C17H17NO4S2. The van der Waals surface area contributed by atoms with Crippen LogP contribution in [-0.4, -0.2) is 22.6 Å². The van der Waals surface area contributed by atoms with Crippen LogP contribution >= 0.6 is 11.3 Å². The number of fused-ring (bicyclic) bond motifs is 1. The van der Waals surface area contributed by atoms with Gasteiger partial charge in [0.05, 0.1) is 14.2 Å². The Hall–Kier alpha value is -2.09. The van der Waals surface area contributed by atoms with Crippen molar-refractivity contribution in [1.82, 2.24) is 0 Å². The first-order valence-electron chi connectivity index (χ1n) is 7.18. The molecule has 24 heavy (non-hydrogen) atoms. The van der Waals surface area contributed by atoms with Crippen LogP contribution in [0, 0.1) is 0 Å². The first-order valence-corrected chi connectivity index (χ1v) is 9.54. The molecule has 3 aromatic rings. The van der Waals surface area contributed by atoms with E-state index in [1.165, 1.54) is 11.3 Å². The minimum absolute atomic E-state index is 0.206. The summed E-state index contributed by atoms with van der Waals surface area (Å²) in [6, 6.07) is 12.9. The van der Waals surface area contributed by atoms with Crippen LogP contribution in [0.25, 0.3) is 10.1 Å². The van der Waals surface area contributed by atoms with Gasteiger partial charge < -0.3 is 9.47 Å². The molecule has 0 radical (unpaired) electrons. The average Bonchev–Trinajstić information content (AvgIpc) is 2.92. The zero-order chi connectivity index (χ0) is 17.3. The van der Waals surface area contributed by atoms with Crippen LogP contribution in [0.4, 0.5) is 0 Å². The van der Waals surface area contributed by atoms with E-state index in [-0.39, 0.29) is 4.90 Å². The van der Waals surface area contributed by atoms with Gasteiger partial charge in [-0.2, -0.15) is 0 Å². The standard InChI is InChI=1S/C17H17NO4S2/c1-21-13-8-7-11(9-14(13)22-2)10-16-17(24(18,19)20)12-5-3-4-6-15(12)23-16/h3-9H,10H2,1-2H3,(H2,18,19,20). The topological polar surface area (TPSA) is 78.6 Å². The average molecular weight is 363 g/mol. The lowest BCUT2D eigenvalue weighted by atomic mass is 10.1. The van der Waals surface area contributed by atoms with E-state index < -0.39 is 10.0 Å². The Morgan fingerprint density at radius 3 is 2.42 bits per heavy atom. The minimum atomic E-state index is -3.81. The summed E-state index contributed by atoms with van der Waals surface area (Å²) in [5, 5.41) is 6.12. The SMILES string of the molecule is COc1ccc(Cc2sc3ccccc3c2S(N)(=O)=O)cc1OC. The summed E-state index contributed by atoms with van der Waals surface area (Å²) >= 11 is 1.44. The Labute approximate surface area is 144 Å². The monoisotopic (exact) mass is 363 g/mol. The number of thiophene rings is 1. The molecule has 0 aliphatic rings. The van der Waals surface area contributed by atoms with Crippen LogP contribution in [0.3, 0.4) is 0 Å². The van der Waals surface area contributed by atoms with Gasteiger partial charge in [-0.3, -0.25) is 0 Å². The highest BCUT2D eigenvalue weighted by atomic mass is 32.2. The lowest BCUT2D eigenvalue weighted by molar-refractivity contribution is 0.354. The number of hydrogen-bond donors (Lipinski definition) is 1. The van der Waals surface area contributed by atoms with Gasteiger partial charge in [0, 0.05) is 21.4 Å². The van der Waals surface area contributed by atoms with Crippen LogP contribution in [0.15, 0.2) is 47.4 Å². The molecule has 1 heterocycles. The second kappa shape index (κ2) is 6.43. The highest BCUT2D eigenvalue weighted by molar-refractivity contribution is 7.89. The molecule has 5 nitrogen and oxygen atoms in total. The summed E-state index contributed by atoms with van der Waals surface area (Å²) in [6.45, 7) is 0. The van der Waals surface area contributed by atoms with E-state index >= 15 is 0 Å². The molecule has 3 rings (SSSR count). The molecule has 0 unspecified atom stereocenters. The summed E-state index contributed by atoms with van der Waals surface area (Å²) in [5.74, 6) is 1.23. The van der Waals surface area contributed by atoms with E-state index in [9.17, 15) is 8.42 Å². The largest absolute Gasteiger partial charge is 0.493 e. The Morgan fingerprint density at radius 1 is 1.04 bits per heavy atom. The molecule has 0 bridgehead atoms.